The molecule has 1 aromatic heterocycles. The van der Waals surface area contributed by atoms with Gasteiger partial charge in [0.1, 0.15) is 0 Å². The maximum Gasteiger partial charge on any atom is 0.315 e. The van der Waals surface area contributed by atoms with Crippen molar-refractivity contribution in [3.8, 4) is 0 Å². The number of benzene rings is 1. The van der Waals surface area contributed by atoms with E-state index in [1.165, 1.54) is 4.90 Å². The molecule has 1 aromatic carbocycles. The van der Waals surface area contributed by atoms with Crippen LogP contribution in [0.3, 0.4) is 0 Å². The minimum absolute atomic E-state index is 0.0295. The molecule has 2 N–H and O–H groups in total. The second-order valence-corrected chi connectivity index (χ2v) is 6.24. The van der Waals surface area contributed by atoms with Crippen LogP contribution in [0.5, 0.6) is 0 Å². The number of hydrogen-bond acceptors (Lipinski definition) is 3. The number of carbonyl (C=O) groups excluding carboxylic acids is 1. The van der Waals surface area contributed by atoms with Crippen LogP contribution >= 0.6 is 11.8 Å². The molecule has 22 heavy (non-hydrogen) atoms. The maximum atomic E-state index is 11.9. The van der Waals surface area contributed by atoms with Crippen molar-refractivity contribution in [3.05, 3.63) is 59.9 Å². The summed E-state index contributed by atoms with van der Waals surface area (Å²) in [6.07, 6.45) is 3.43. The molecule has 0 bridgehead atoms. The van der Waals surface area contributed by atoms with E-state index in [1.807, 2.05) is 30.8 Å². The third-order valence-corrected chi connectivity index (χ3v) is 4.14. The fraction of sp³-hybridized carbons (Fsp3) is 0.294. The van der Waals surface area contributed by atoms with Crippen LogP contribution in [0.1, 0.15) is 31.0 Å². The molecule has 0 aliphatic heterocycles. The third-order valence-electron chi connectivity index (χ3n) is 3.24. The molecule has 0 spiro atoms. The molecular weight excluding hydrogens is 294 g/mol. The Morgan fingerprint density at radius 3 is 2.50 bits per heavy atom. The number of pyridine rings is 1. The first-order valence-corrected chi connectivity index (χ1v) is 8.33. The minimum Gasteiger partial charge on any atom is -0.334 e. The predicted octanol–water partition coefficient (Wildman–Crippen LogP) is 3.75. The summed E-state index contributed by atoms with van der Waals surface area (Å²) in [5.41, 5.74) is 2.12. The second-order valence-electron chi connectivity index (χ2n) is 4.91. The van der Waals surface area contributed by atoms with E-state index in [9.17, 15) is 4.79 Å². The molecule has 1 atom stereocenters. The van der Waals surface area contributed by atoms with E-state index in [4.69, 9.17) is 0 Å². The molecule has 0 saturated heterocycles. The highest BCUT2D eigenvalue weighted by Gasteiger charge is 2.09. The van der Waals surface area contributed by atoms with E-state index in [1.54, 1.807) is 12.4 Å². The number of hydrogen-bond donors (Lipinski definition) is 2. The largest absolute Gasteiger partial charge is 0.334 e. The van der Waals surface area contributed by atoms with Crippen LogP contribution in [-0.2, 0) is 6.54 Å². The van der Waals surface area contributed by atoms with Crippen LogP contribution in [-0.4, -0.2) is 16.8 Å². The number of carbonyl (C=O) groups is 1. The molecule has 2 aromatic rings. The van der Waals surface area contributed by atoms with Crippen molar-refractivity contribution in [1.29, 1.82) is 0 Å². The lowest BCUT2D eigenvalue weighted by atomic mass is 10.1. The molecule has 116 valence electrons. The number of aromatic nitrogens is 1. The van der Waals surface area contributed by atoms with Gasteiger partial charge in [0, 0.05) is 23.8 Å². The van der Waals surface area contributed by atoms with Crippen LogP contribution in [0.4, 0.5) is 4.79 Å². The summed E-state index contributed by atoms with van der Waals surface area (Å²) in [6.45, 7) is 4.61. The van der Waals surface area contributed by atoms with Crippen LogP contribution in [0.15, 0.2) is 53.7 Å². The van der Waals surface area contributed by atoms with Gasteiger partial charge >= 0.3 is 6.03 Å². The van der Waals surface area contributed by atoms with E-state index < -0.39 is 0 Å². The van der Waals surface area contributed by atoms with Crippen molar-refractivity contribution < 1.29 is 4.79 Å². The predicted molar refractivity (Wildman–Crippen MR) is 90.9 cm³/mol. The van der Waals surface area contributed by atoms with Crippen LogP contribution in [0.25, 0.3) is 0 Å². The molecule has 0 fully saturated rings. The number of thioether (sulfide) groups is 1. The number of nitrogens with one attached hydrogen (secondary N) is 2. The van der Waals surface area contributed by atoms with Gasteiger partial charge in [-0.3, -0.25) is 4.98 Å². The average molecular weight is 315 g/mol. The topological polar surface area (TPSA) is 54.0 Å². The molecule has 0 aliphatic rings. The number of rotatable bonds is 6. The highest BCUT2D eigenvalue weighted by Crippen LogP contribution is 2.20. The fourth-order valence-corrected chi connectivity index (χ4v) is 2.70. The van der Waals surface area contributed by atoms with Crippen molar-refractivity contribution in [2.45, 2.75) is 31.3 Å². The average Bonchev–Trinajstić information content (AvgIpc) is 2.55. The Kier molecular flexibility index (Phi) is 6.27. The quantitative estimate of drug-likeness (QED) is 0.798. The summed E-state index contributed by atoms with van der Waals surface area (Å²) in [5, 5.41) is 5.79. The van der Waals surface area contributed by atoms with Gasteiger partial charge in [-0.2, -0.15) is 0 Å². The SMILES string of the molecule is CCSc1ccc([C@@H](C)NC(=O)NCc2ccncc2)cc1. The van der Waals surface area contributed by atoms with Crippen molar-refractivity contribution >= 4 is 17.8 Å². The van der Waals surface area contributed by atoms with Crippen LogP contribution in [0.2, 0.25) is 0 Å². The highest BCUT2D eigenvalue weighted by atomic mass is 32.2. The van der Waals surface area contributed by atoms with Crippen molar-refractivity contribution in [1.82, 2.24) is 15.6 Å². The number of nitrogens with zero attached hydrogens (tertiary/aromatic N) is 1. The summed E-state index contributed by atoms with van der Waals surface area (Å²) < 4.78 is 0. The zero-order chi connectivity index (χ0) is 15.8. The van der Waals surface area contributed by atoms with E-state index in [-0.39, 0.29) is 12.1 Å². The Hall–Kier alpha value is -2.01. The van der Waals surface area contributed by atoms with Crippen molar-refractivity contribution in [2.75, 3.05) is 5.75 Å². The summed E-state index contributed by atoms with van der Waals surface area (Å²) >= 11 is 1.81. The lowest BCUT2D eigenvalue weighted by Gasteiger charge is -2.15. The van der Waals surface area contributed by atoms with Gasteiger partial charge in [0.2, 0.25) is 0 Å². The van der Waals surface area contributed by atoms with Crippen molar-refractivity contribution in [2.24, 2.45) is 0 Å². The van der Waals surface area contributed by atoms with Crippen LogP contribution in [0, 0.1) is 0 Å². The maximum absolute atomic E-state index is 11.9. The van der Waals surface area contributed by atoms with E-state index in [0.29, 0.717) is 6.54 Å². The Balaban J connectivity index is 1.82. The van der Waals surface area contributed by atoms with Gasteiger partial charge in [0.25, 0.3) is 0 Å². The Morgan fingerprint density at radius 2 is 1.86 bits per heavy atom. The summed E-state index contributed by atoms with van der Waals surface area (Å²) in [6, 6.07) is 11.9. The molecule has 0 aliphatic carbocycles. The first kappa shape index (κ1) is 16.4. The lowest BCUT2D eigenvalue weighted by molar-refractivity contribution is 0.237. The standard InChI is InChI=1S/C17H21N3OS/c1-3-22-16-6-4-15(5-7-16)13(2)20-17(21)19-12-14-8-10-18-11-9-14/h4-11,13H,3,12H2,1-2H3,(H2,19,20,21)/t13-/m1/s1. The first-order valence-electron chi connectivity index (χ1n) is 7.35. The van der Waals surface area contributed by atoms with Gasteiger partial charge in [-0.1, -0.05) is 19.1 Å². The summed E-state index contributed by atoms with van der Waals surface area (Å²) in [5.74, 6) is 1.06. The number of urea groups is 1. The summed E-state index contributed by atoms with van der Waals surface area (Å²) in [7, 11) is 0. The van der Waals surface area contributed by atoms with Gasteiger partial charge in [-0.25, -0.2) is 4.79 Å². The highest BCUT2D eigenvalue weighted by molar-refractivity contribution is 7.99. The van der Waals surface area contributed by atoms with E-state index in [2.05, 4.69) is 46.8 Å². The minimum atomic E-state index is -0.170. The zero-order valence-corrected chi connectivity index (χ0v) is 13.7. The second kappa shape index (κ2) is 8.44. The fourth-order valence-electron chi connectivity index (χ4n) is 2.03. The first-order chi connectivity index (χ1) is 10.7. The third kappa shape index (κ3) is 5.07. The molecular formula is C17H21N3OS. The van der Waals surface area contributed by atoms with Crippen molar-refractivity contribution in [3.63, 3.8) is 0 Å². The Bertz CT molecular complexity index is 587. The van der Waals surface area contributed by atoms with E-state index >= 15 is 0 Å². The van der Waals surface area contributed by atoms with Gasteiger partial charge in [-0.05, 0) is 48.1 Å². The molecule has 2 rings (SSSR count). The smallest absolute Gasteiger partial charge is 0.315 e. The summed E-state index contributed by atoms with van der Waals surface area (Å²) in [4.78, 5) is 17.1. The molecule has 0 radical (unpaired) electrons. The lowest BCUT2D eigenvalue weighted by Crippen LogP contribution is -2.36. The van der Waals surface area contributed by atoms with Gasteiger partial charge in [0.05, 0.1) is 6.04 Å². The molecule has 5 heteroatoms. The molecule has 1 heterocycles. The molecule has 2 amide bonds. The van der Waals surface area contributed by atoms with Gasteiger partial charge in [-0.15, -0.1) is 11.8 Å². The molecule has 0 unspecified atom stereocenters. The van der Waals surface area contributed by atoms with E-state index in [0.717, 1.165) is 16.9 Å². The van der Waals surface area contributed by atoms with Crippen LogP contribution < -0.4 is 10.6 Å². The normalized spacial score (nSPS) is 11.7. The van der Waals surface area contributed by atoms with Gasteiger partial charge < -0.3 is 10.6 Å². The Labute approximate surface area is 135 Å². The molecule has 4 nitrogen and oxygen atoms in total. The Morgan fingerprint density at radius 1 is 1.18 bits per heavy atom. The number of amides is 2. The molecule has 0 saturated carbocycles. The van der Waals surface area contributed by atoms with Gasteiger partial charge in [0.15, 0.2) is 0 Å². The zero-order valence-electron chi connectivity index (χ0n) is 12.9. The monoisotopic (exact) mass is 315 g/mol.